The van der Waals surface area contributed by atoms with Gasteiger partial charge in [-0.05, 0) is 79.4 Å². The maximum atomic E-state index is 6.46. The van der Waals surface area contributed by atoms with E-state index in [1.54, 1.807) is 0 Å². The van der Waals surface area contributed by atoms with Gasteiger partial charge in [0.1, 0.15) is 11.5 Å². The number of fused-ring (bicyclic) bond motifs is 8. The van der Waals surface area contributed by atoms with E-state index in [2.05, 4.69) is 140 Å². The molecule has 5 aromatic rings. The number of nitrogens with zero attached hydrogens (tertiary/aromatic N) is 1. The van der Waals surface area contributed by atoms with Crippen LogP contribution >= 0.6 is 31.9 Å². The van der Waals surface area contributed by atoms with Gasteiger partial charge in [-0.25, -0.2) is 0 Å². The summed E-state index contributed by atoms with van der Waals surface area (Å²) in [6.45, 7) is 0. The lowest BCUT2D eigenvalue weighted by atomic mass is 9.61. The minimum absolute atomic E-state index is 0.529. The zero-order chi connectivity index (χ0) is 23.6. The first-order chi connectivity index (χ1) is 17.2. The highest BCUT2D eigenvalue weighted by molar-refractivity contribution is 9.11. The fraction of sp³-hybridized carbons (Fsp3) is 0.0323. The first-order valence-electron chi connectivity index (χ1n) is 11.5. The summed E-state index contributed by atoms with van der Waals surface area (Å²) in [4.78, 5) is 2.37. The van der Waals surface area contributed by atoms with Crippen molar-refractivity contribution in [3.05, 3.63) is 146 Å². The van der Waals surface area contributed by atoms with Gasteiger partial charge in [0, 0.05) is 20.1 Å². The van der Waals surface area contributed by atoms with Gasteiger partial charge in [0.15, 0.2) is 0 Å². The molecule has 0 bridgehead atoms. The van der Waals surface area contributed by atoms with E-state index in [4.69, 9.17) is 4.74 Å². The van der Waals surface area contributed by atoms with Gasteiger partial charge in [0.2, 0.25) is 0 Å². The largest absolute Gasteiger partial charge is 0.457 e. The van der Waals surface area contributed by atoms with Gasteiger partial charge in [-0.1, -0.05) is 78.9 Å². The molecule has 35 heavy (non-hydrogen) atoms. The standard InChI is InChI=1S/C31H19Br2NO/c32-24-14-4-6-17-27(24)34-26-16-5-1-10-20(26)31(23-13-9-15-25(33)30(23)34)21-11-2-7-18-28(21)35-29-19-8-3-12-22(29)31/h1-19H. The quantitative estimate of drug-likeness (QED) is 0.192. The van der Waals surface area contributed by atoms with Gasteiger partial charge in [-0.3, -0.25) is 0 Å². The van der Waals surface area contributed by atoms with E-state index < -0.39 is 5.41 Å². The second-order valence-corrected chi connectivity index (χ2v) is 10.5. The molecule has 0 aromatic heterocycles. The highest BCUT2D eigenvalue weighted by Gasteiger charge is 2.51. The van der Waals surface area contributed by atoms with Crippen LogP contribution in [0.2, 0.25) is 0 Å². The van der Waals surface area contributed by atoms with Crippen molar-refractivity contribution in [3.63, 3.8) is 0 Å². The van der Waals surface area contributed by atoms with Crippen molar-refractivity contribution in [1.29, 1.82) is 0 Å². The molecule has 0 unspecified atom stereocenters. The molecule has 2 aliphatic rings. The van der Waals surface area contributed by atoms with Gasteiger partial charge >= 0.3 is 0 Å². The van der Waals surface area contributed by atoms with Crippen molar-refractivity contribution in [1.82, 2.24) is 0 Å². The Labute approximate surface area is 221 Å². The van der Waals surface area contributed by atoms with Crippen LogP contribution in [0.3, 0.4) is 0 Å². The molecule has 5 aromatic carbocycles. The molecule has 168 valence electrons. The molecular formula is C31H19Br2NO. The zero-order valence-corrected chi connectivity index (χ0v) is 21.8. The maximum Gasteiger partial charge on any atom is 0.132 e. The van der Waals surface area contributed by atoms with Crippen LogP contribution in [0.1, 0.15) is 22.3 Å². The summed E-state index contributed by atoms with van der Waals surface area (Å²) in [5, 5.41) is 0. The third kappa shape index (κ3) is 2.81. The Bertz CT molecular complexity index is 1580. The number of para-hydroxylation sites is 5. The number of rotatable bonds is 1. The SMILES string of the molecule is Brc1ccccc1N1c2ccccc2C2(c3ccccc3Oc3ccccc32)c2cccc(Br)c21. The van der Waals surface area contributed by atoms with Crippen LogP contribution in [0, 0.1) is 0 Å². The van der Waals surface area contributed by atoms with Crippen molar-refractivity contribution in [3.8, 4) is 11.5 Å². The Morgan fingerprint density at radius 2 is 1.00 bits per heavy atom. The molecule has 2 aliphatic heterocycles. The molecule has 0 radical (unpaired) electrons. The Hall–Kier alpha value is -3.34. The first-order valence-corrected chi connectivity index (χ1v) is 13.1. The van der Waals surface area contributed by atoms with Crippen LogP contribution in [-0.2, 0) is 5.41 Å². The molecule has 0 saturated carbocycles. The van der Waals surface area contributed by atoms with Crippen molar-refractivity contribution in [2.24, 2.45) is 0 Å². The summed E-state index contributed by atoms with van der Waals surface area (Å²) in [7, 11) is 0. The normalized spacial score (nSPS) is 14.4. The Morgan fingerprint density at radius 1 is 0.486 bits per heavy atom. The number of anilines is 3. The number of hydrogen-bond acceptors (Lipinski definition) is 2. The van der Waals surface area contributed by atoms with Crippen molar-refractivity contribution in [2.75, 3.05) is 4.90 Å². The molecular weight excluding hydrogens is 562 g/mol. The van der Waals surface area contributed by atoms with Crippen LogP contribution in [0.25, 0.3) is 0 Å². The van der Waals surface area contributed by atoms with Gasteiger partial charge < -0.3 is 9.64 Å². The van der Waals surface area contributed by atoms with Gasteiger partial charge in [-0.2, -0.15) is 0 Å². The van der Waals surface area contributed by atoms with E-state index in [0.717, 1.165) is 48.6 Å². The zero-order valence-electron chi connectivity index (χ0n) is 18.6. The highest BCUT2D eigenvalue weighted by Crippen LogP contribution is 2.63. The second-order valence-electron chi connectivity index (χ2n) is 8.78. The smallest absolute Gasteiger partial charge is 0.132 e. The van der Waals surface area contributed by atoms with Crippen LogP contribution in [0.5, 0.6) is 11.5 Å². The summed E-state index contributed by atoms with van der Waals surface area (Å²) in [6.07, 6.45) is 0. The minimum atomic E-state index is -0.529. The summed E-state index contributed by atoms with van der Waals surface area (Å²) in [6, 6.07) is 40.6. The number of halogens is 2. The molecule has 0 amide bonds. The van der Waals surface area contributed by atoms with E-state index in [1.165, 1.54) is 11.1 Å². The topological polar surface area (TPSA) is 12.5 Å². The number of ether oxygens (including phenoxy) is 1. The molecule has 0 atom stereocenters. The molecule has 1 spiro atoms. The van der Waals surface area contributed by atoms with Crippen LogP contribution in [0.4, 0.5) is 17.1 Å². The van der Waals surface area contributed by atoms with Crippen LogP contribution < -0.4 is 9.64 Å². The number of hydrogen-bond donors (Lipinski definition) is 0. The molecule has 4 heteroatoms. The lowest BCUT2D eigenvalue weighted by Gasteiger charge is -2.49. The highest BCUT2D eigenvalue weighted by atomic mass is 79.9. The van der Waals surface area contributed by atoms with Crippen LogP contribution in [-0.4, -0.2) is 0 Å². The van der Waals surface area contributed by atoms with E-state index in [0.29, 0.717) is 0 Å². The van der Waals surface area contributed by atoms with Gasteiger partial charge in [0.25, 0.3) is 0 Å². The monoisotopic (exact) mass is 579 g/mol. The molecule has 0 N–H and O–H groups in total. The molecule has 0 saturated heterocycles. The Morgan fingerprint density at radius 3 is 1.69 bits per heavy atom. The average Bonchev–Trinajstić information content (AvgIpc) is 2.90. The van der Waals surface area contributed by atoms with E-state index in [-0.39, 0.29) is 0 Å². The average molecular weight is 581 g/mol. The minimum Gasteiger partial charge on any atom is -0.457 e. The lowest BCUT2D eigenvalue weighted by molar-refractivity contribution is 0.434. The fourth-order valence-electron chi connectivity index (χ4n) is 5.75. The summed E-state index contributed by atoms with van der Waals surface area (Å²) in [5.41, 5.74) is 7.58. The summed E-state index contributed by atoms with van der Waals surface area (Å²) in [5.74, 6) is 1.78. The Kier molecular flexibility index (Phi) is 4.70. The second kappa shape index (κ2) is 7.84. The van der Waals surface area contributed by atoms with Crippen LogP contribution in [0.15, 0.2) is 124 Å². The van der Waals surface area contributed by atoms with E-state index in [1.807, 2.05) is 12.1 Å². The molecule has 0 fully saturated rings. The van der Waals surface area contributed by atoms with E-state index >= 15 is 0 Å². The fourth-order valence-corrected chi connectivity index (χ4v) is 6.76. The molecule has 0 aliphatic carbocycles. The van der Waals surface area contributed by atoms with Gasteiger partial charge in [-0.15, -0.1) is 0 Å². The van der Waals surface area contributed by atoms with Gasteiger partial charge in [0.05, 0.1) is 22.5 Å². The van der Waals surface area contributed by atoms with E-state index in [9.17, 15) is 0 Å². The summed E-state index contributed by atoms with van der Waals surface area (Å²) >= 11 is 7.76. The first kappa shape index (κ1) is 21.0. The third-order valence-corrected chi connectivity index (χ3v) is 8.37. The van der Waals surface area contributed by atoms with Crippen molar-refractivity contribution < 1.29 is 4.74 Å². The van der Waals surface area contributed by atoms with Crippen molar-refractivity contribution in [2.45, 2.75) is 5.41 Å². The lowest BCUT2D eigenvalue weighted by Crippen LogP contribution is -2.39. The molecule has 2 nitrogen and oxygen atoms in total. The van der Waals surface area contributed by atoms with Crippen molar-refractivity contribution >= 4 is 48.9 Å². The molecule has 7 rings (SSSR count). The Balaban J connectivity index is 1.70. The summed E-state index contributed by atoms with van der Waals surface area (Å²) < 4.78 is 8.55. The predicted molar refractivity (Wildman–Crippen MR) is 148 cm³/mol. The number of benzene rings is 5. The maximum absolute atomic E-state index is 6.46. The predicted octanol–water partition coefficient (Wildman–Crippen LogP) is 9.48. The third-order valence-electron chi connectivity index (χ3n) is 7.06. The molecule has 2 heterocycles.